The summed E-state index contributed by atoms with van der Waals surface area (Å²) in [5, 5.41) is 4.20. The fourth-order valence-corrected chi connectivity index (χ4v) is 4.82. The van der Waals surface area contributed by atoms with Gasteiger partial charge in [-0.2, -0.15) is 5.10 Å². The summed E-state index contributed by atoms with van der Waals surface area (Å²) in [6.07, 6.45) is 6.46. The molecule has 1 amide bonds. The van der Waals surface area contributed by atoms with Gasteiger partial charge in [0.05, 0.1) is 12.8 Å². The van der Waals surface area contributed by atoms with E-state index in [1.54, 1.807) is 6.21 Å². The van der Waals surface area contributed by atoms with Crippen LogP contribution in [0.25, 0.3) is 0 Å². The first kappa shape index (κ1) is 20.5. The van der Waals surface area contributed by atoms with E-state index < -0.39 is 0 Å². The Morgan fingerprint density at radius 2 is 2.00 bits per heavy atom. The van der Waals surface area contributed by atoms with Gasteiger partial charge in [0.15, 0.2) is 11.5 Å². The molecule has 2 aliphatic rings. The number of hydrazone groups is 1. The Kier molecular flexibility index (Phi) is 6.07. The Hall–Kier alpha value is -2.82. The summed E-state index contributed by atoms with van der Waals surface area (Å²) in [6.45, 7) is 5.21. The maximum Gasteiger partial charge on any atom is 0.244 e. The molecule has 0 aliphatic heterocycles. The van der Waals surface area contributed by atoms with E-state index in [-0.39, 0.29) is 17.2 Å². The molecule has 5 nitrogen and oxygen atoms in total. The number of nitrogens with zero attached hydrogens (tertiary/aromatic N) is 1. The van der Waals surface area contributed by atoms with Crippen LogP contribution in [0.1, 0.15) is 50.7 Å². The van der Waals surface area contributed by atoms with E-state index >= 15 is 0 Å². The third-order valence-electron chi connectivity index (χ3n) is 6.51. The molecular formula is C25H30N2O3. The molecule has 0 bridgehead atoms. The molecule has 2 saturated carbocycles. The number of hydrogen-bond donors (Lipinski definition) is 1. The number of rotatable bonds is 8. The Labute approximate surface area is 178 Å². The molecule has 2 aromatic rings. The predicted octanol–water partition coefficient (Wildman–Crippen LogP) is 4.94. The lowest BCUT2D eigenvalue weighted by molar-refractivity contribution is -0.123. The van der Waals surface area contributed by atoms with Gasteiger partial charge < -0.3 is 9.47 Å². The largest absolute Gasteiger partial charge is 0.490 e. The molecule has 3 atom stereocenters. The minimum Gasteiger partial charge on any atom is -0.490 e. The molecule has 2 aromatic carbocycles. The average Bonchev–Trinajstić information content (AvgIpc) is 3.39. The highest BCUT2D eigenvalue weighted by atomic mass is 16.5. The first-order valence-corrected chi connectivity index (χ1v) is 10.9. The minimum absolute atomic E-state index is 0.0495. The fourth-order valence-electron chi connectivity index (χ4n) is 4.82. The lowest BCUT2D eigenvalue weighted by Gasteiger charge is -2.15. The predicted molar refractivity (Wildman–Crippen MR) is 118 cm³/mol. The van der Waals surface area contributed by atoms with E-state index in [1.807, 2.05) is 55.5 Å². The smallest absolute Gasteiger partial charge is 0.244 e. The van der Waals surface area contributed by atoms with Crippen molar-refractivity contribution in [3.63, 3.8) is 0 Å². The van der Waals surface area contributed by atoms with Crippen LogP contribution in [0.3, 0.4) is 0 Å². The van der Waals surface area contributed by atoms with Gasteiger partial charge in [-0.15, -0.1) is 0 Å². The molecule has 0 radical (unpaired) electrons. The SMILES string of the molecule is CCOc1cc(/C=N\NC(=O)[C@@H]2[C@H]3CCCC[C@]32C)ccc1OCc1ccccc1. The van der Waals surface area contributed by atoms with Crippen LogP contribution in [0.5, 0.6) is 11.5 Å². The molecule has 5 heteroatoms. The first-order chi connectivity index (χ1) is 14.6. The fraction of sp³-hybridized carbons (Fsp3) is 0.440. The maximum atomic E-state index is 12.5. The van der Waals surface area contributed by atoms with Crippen LogP contribution < -0.4 is 14.9 Å². The first-order valence-electron chi connectivity index (χ1n) is 10.9. The van der Waals surface area contributed by atoms with Gasteiger partial charge in [0.25, 0.3) is 0 Å². The second kappa shape index (κ2) is 8.90. The molecule has 0 unspecified atom stereocenters. The van der Waals surface area contributed by atoms with Gasteiger partial charge in [0, 0.05) is 5.92 Å². The minimum atomic E-state index is 0.0495. The van der Waals surface area contributed by atoms with Crippen molar-refractivity contribution in [1.82, 2.24) is 5.43 Å². The molecular weight excluding hydrogens is 376 g/mol. The van der Waals surface area contributed by atoms with Crippen molar-refractivity contribution in [1.29, 1.82) is 0 Å². The summed E-state index contributed by atoms with van der Waals surface area (Å²) in [5.74, 6) is 2.06. The van der Waals surface area contributed by atoms with Gasteiger partial charge >= 0.3 is 0 Å². The second-order valence-electron chi connectivity index (χ2n) is 8.48. The lowest BCUT2D eigenvalue weighted by Crippen LogP contribution is -2.22. The highest BCUT2D eigenvalue weighted by molar-refractivity contribution is 5.86. The van der Waals surface area contributed by atoms with Crippen molar-refractivity contribution in [3.05, 3.63) is 59.7 Å². The molecule has 0 saturated heterocycles. The summed E-state index contributed by atoms with van der Waals surface area (Å²) >= 11 is 0. The normalized spacial score (nSPS) is 24.9. The van der Waals surface area contributed by atoms with Crippen LogP contribution in [0.15, 0.2) is 53.6 Å². The van der Waals surface area contributed by atoms with Crippen molar-refractivity contribution >= 4 is 12.1 Å². The lowest BCUT2D eigenvalue weighted by atomic mass is 9.90. The van der Waals surface area contributed by atoms with E-state index in [4.69, 9.17) is 9.47 Å². The number of hydrogen-bond acceptors (Lipinski definition) is 4. The van der Waals surface area contributed by atoms with Crippen molar-refractivity contribution in [3.8, 4) is 11.5 Å². The number of nitrogens with one attached hydrogen (secondary N) is 1. The summed E-state index contributed by atoms with van der Waals surface area (Å²) in [5.41, 5.74) is 4.89. The number of ether oxygens (including phenoxy) is 2. The van der Waals surface area contributed by atoms with Gasteiger partial charge in [-0.25, -0.2) is 5.43 Å². The van der Waals surface area contributed by atoms with E-state index in [1.165, 1.54) is 19.3 Å². The van der Waals surface area contributed by atoms with Crippen LogP contribution in [0, 0.1) is 17.3 Å². The summed E-state index contributed by atoms with van der Waals surface area (Å²) in [4.78, 5) is 12.5. The summed E-state index contributed by atoms with van der Waals surface area (Å²) < 4.78 is 11.7. The molecule has 2 fully saturated rings. The molecule has 2 aliphatic carbocycles. The Balaban J connectivity index is 1.36. The molecule has 158 valence electrons. The molecule has 0 aromatic heterocycles. The van der Waals surface area contributed by atoms with Gasteiger partial charge in [-0.05, 0) is 60.4 Å². The Morgan fingerprint density at radius 3 is 2.73 bits per heavy atom. The van der Waals surface area contributed by atoms with Crippen molar-refractivity contribution in [2.75, 3.05) is 6.61 Å². The van der Waals surface area contributed by atoms with Crippen LogP contribution in [0.2, 0.25) is 0 Å². The monoisotopic (exact) mass is 406 g/mol. The number of carbonyl (C=O) groups is 1. The van der Waals surface area contributed by atoms with E-state index in [2.05, 4.69) is 17.5 Å². The van der Waals surface area contributed by atoms with Crippen molar-refractivity contribution in [2.24, 2.45) is 22.4 Å². The molecule has 0 spiro atoms. The van der Waals surface area contributed by atoms with Gasteiger partial charge in [-0.3, -0.25) is 4.79 Å². The van der Waals surface area contributed by atoms with Crippen LogP contribution in [0.4, 0.5) is 0 Å². The van der Waals surface area contributed by atoms with E-state index in [0.717, 1.165) is 17.5 Å². The summed E-state index contributed by atoms with van der Waals surface area (Å²) in [7, 11) is 0. The number of benzene rings is 2. The third kappa shape index (κ3) is 4.35. The zero-order valence-electron chi connectivity index (χ0n) is 17.8. The van der Waals surface area contributed by atoms with E-state index in [0.29, 0.717) is 30.6 Å². The third-order valence-corrected chi connectivity index (χ3v) is 6.51. The highest BCUT2D eigenvalue weighted by Gasteiger charge is 2.64. The second-order valence-corrected chi connectivity index (χ2v) is 8.48. The van der Waals surface area contributed by atoms with Gasteiger partial charge in [0.2, 0.25) is 5.91 Å². The standard InChI is InChI=1S/C25H30N2O3/c1-3-29-22-15-19(12-13-21(22)30-17-18-9-5-4-6-10-18)16-26-27-24(28)23-20-11-7-8-14-25(20,23)2/h4-6,9-10,12-13,15-16,20,23H,3,7-8,11,14,17H2,1-2H3,(H,27,28)/b26-16-/t20-,23+,25-/m1/s1. The molecule has 30 heavy (non-hydrogen) atoms. The maximum absolute atomic E-state index is 12.5. The molecule has 4 rings (SSSR count). The highest BCUT2D eigenvalue weighted by Crippen LogP contribution is 2.66. The quantitative estimate of drug-likeness (QED) is 0.499. The van der Waals surface area contributed by atoms with Gasteiger partial charge in [0.1, 0.15) is 6.61 Å². The van der Waals surface area contributed by atoms with Crippen molar-refractivity contribution < 1.29 is 14.3 Å². The Bertz CT molecular complexity index is 912. The topological polar surface area (TPSA) is 59.9 Å². The molecule has 0 heterocycles. The summed E-state index contributed by atoms with van der Waals surface area (Å²) in [6, 6.07) is 15.7. The van der Waals surface area contributed by atoms with Crippen LogP contribution in [-0.4, -0.2) is 18.7 Å². The number of amides is 1. The molecule has 1 N–H and O–H groups in total. The van der Waals surface area contributed by atoms with Crippen LogP contribution in [-0.2, 0) is 11.4 Å². The van der Waals surface area contributed by atoms with Crippen molar-refractivity contribution in [2.45, 2.75) is 46.1 Å². The van der Waals surface area contributed by atoms with Gasteiger partial charge in [-0.1, -0.05) is 50.1 Å². The zero-order chi connectivity index (χ0) is 21.0. The zero-order valence-corrected chi connectivity index (χ0v) is 17.8. The Morgan fingerprint density at radius 1 is 1.17 bits per heavy atom. The van der Waals surface area contributed by atoms with E-state index in [9.17, 15) is 4.79 Å². The van der Waals surface area contributed by atoms with Crippen LogP contribution >= 0.6 is 0 Å². The number of fused-ring (bicyclic) bond motifs is 1. The number of carbonyl (C=O) groups excluding carboxylic acids is 1. The average molecular weight is 407 g/mol.